The van der Waals surface area contributed by atoms with Crippen LogP contribution in [-0.4, -0.2) is 10.9 Å². The highest BCUT2D eigenvalue weighted by atomic mass is 16.5. The maximum atomic E-state index is 11.8. The minimum absolute atomic E-state index is 0.408. The summed E-state index contributed by atoms with van der Waals surface area (Å²) in [7, 11) is 0. The maximum Gasteiger partial charge on any atom is 0.279 e. The summed E-state index contributed by atoms with van der Waals surface area (Å²) in [6, 6.07) is 12.7. The van der Waals surface area contributed by atoms with Gasteiger partial charge in [0.05, 0.1) is 5.69 Å². The lowest BCUT2D eigenvalue weighted by molar-refractivity contribution is -0.128. The van der Waals surface area contributed by atoms with Crippen LogP contribution in [0.2, 0.25) is 0 Å². The standard InChI is InChI=1S/C14H15N3O2/c1-10-12(8-5-9-16-10)19-13(14(18)17-15)11-6-3-2-4-7-11/h2-9,13H,15H2,1H3,(H,17,18). The molecule has 0 aliphatic rings. The summed E-state index contributed by atoms with van der Waals surface area (Å²) in [5.41, 5.74) is 3.57. The zero-order chi connectivity index (χ0) is 13.7. The molecule has 1 aromatic heterocycles. The maximum absolute atomic E-state index is 11.8. The van der Waals surface area contributed by atoms with E-state index in [1.807, 2.05) is 37.3 Å². The second kappa shape index (κ2) is 5.97. The summed E-state index contributed by atoms with van der Waals surface area (Å²) in [4.78, 5) is 16.0. The van der Waals surface area contributed by atoms with E-state index in [0.717, 1.165) is 5.56 Å². The Labute approximate surface area is 111 Å². The molecule has 5 nitrogen and oxygen atoms in total. The number of aromatic nitrogens is 1. The third-order valence-corrected chi connectivity index (χ3v) is 2.69. The lowest BCUT2D eigenvalue weighted by Gasteiger charge is -2.18. The summed E-state index contributed by atoms with van der Waals surface area (Å²) in [6.45, 7) is 1.82. The van der Waals surface area contributed by atoms with Gasteiger partial charge in [0, 0.05) is 11.8 Å². The van der Waals surface area contributed by atoms with E-state index in [2.05, 4.69) is 10.4 Å². The minimum Gasteiger partial charge on any atom is -0.474 e. The van der Waals surface area contributed by atoms with Crippen molar-refractivity contribution >= 4 is 5.91 Å². The monoisotopic (exact) mass is 257 g/mol. The second-order valence-electron chi connectivity index (χ2n) is 4.00. The summed E-state index contributed by atoms with van der Waals surface area (Å²) in [5.74, 6) is 5.35. The van der Waals surface area contributed by atoms with Gasteiger partial charge in [-0.3, -0.25) is 15.2 Å². The highest BCUT2D eigenvalue weighted by Gasteiger charge is 2.22. The first kappa shape index (κ1) is 13.0. The molecule has 5 heteroatoms. The average Bonchev–Trinajstić information content (AvgIpc) is 2.46. The number of rotatable bonds is 4. The van der Waals surface area contributed by atoms with Crippen LogP contribution in [0.5, 0.6) is 5.75 Å². The fourth-order valence-electron chi connectivity index (χ4n) is 1.70. The summed E-state index contributed by atoms with van der Waals surface area (Å²) in [5, 5.41) is 0. The Morgan fingerprint density at radius 1 is 1.26 bits per heavy atom. The molecule has 0 radical (unpaired) electrons. The molecule has 2 aromatic rings. The number of carbonyl (C=O) groups excluding carboxylic acids is 1. The van der Waals surface area contributed by atoms with Gasteiger partial charge in [0.2, 0.25) is 6.10 Å². The van der Waals surface area contributed by atoms with E-state index in [0.29, 0.717) is 11.4 Å². The first-order chi connectivity index (χ1) is 9.22. The van der Waals surface area contributed by atoms with E-state index in [4.69, 9.17) is 10.6 Å². The molecular weight excluding hydrogens is 242 g/mol. The first-order valence-corrected chi connectivity index (χ1v) is 5.86. The van der Waals surface area contributed by atoms with Crippen molar-refractivity contribution in [2.75, 3.05) is 0 Å². The van der Waals surface area contributed by atoms with E-state index < -0.39 is 12.0 Å². The van der Waals surface area contributed by atoms with E-state index in [9.17, 15) is 4.79 Å². The molecule has 0 spiro atoms. The van der Waals surface area contributed by atoms with Gasteiger partial charge in [0.1, 0.15) is 5.75 Å². The van der Waals surface area contributed by atoms with Crippen LogP contribution in [0.3, 0.4) is 0 Å². The predicted octanol–water partition coefficient (Wildman–Crippen LogP) is 1.50. The van der Waals surface area contributed by atoms with Gasteiger partial charge in [0.25, 0.3) is 5.91 Å². The quantitative estimate of drug-likeness (QED) is 0.494. The molecule has 2 rings (SSSR count). The Kier molecular flexibility index (Phi) is 4.10. The van der Waals surface area contributed by atoms with Gasteiger partial charge in [-0.05, 0) is 19.1 Å². The fourth-order valence-corrected chi connectivity index (χ4v) is 1.70. The van der Waals surface area contributed by atoms with Crippen LogP contribution >= 0.6 is 0 Å². The molecule has 3 N–H and O–H groups in total. The van der Waals surface area contributed by atoms with Crippen molar-refractivity contribution in [3.8, 4) is 5.75 Å². The molecule has 1 aromatic carbocycles. The number of carbonyl (C=O) groups is 1. The minimum atomic E-state index is -0.797. The number of amides is 1. The number of hydrazine groups is 1. The molecule has 0 saturated carbocycles. The second-order valence-corrected chi connectivity index (χ2v) is 4.00. The van der Waals surface area contributed by atoms with Gasteiger partial charge in [0.15, 0.2) is 0 Å². The molecule has 1 unspecified atom stereocenters. The van der Waals surface area contributed by atoms with Crippen LogP contribution in [-0.2, 0) is 4.79 Å². The van der Waals surface area contributed by atoms with E-state index in [1.54, 1.807) is 18.3 Å². The van der Waals surface area contributed by atoms with Gasteiger partial charge in [-0.15, -0.1) is 0 Å². The molecule has 1 atom stereocenters. The van der Waals surface area contributed by atoms with Gasteiger partial charge in [-0.1, -0.05) is 30.3 Å². The molecule has 0 aliphatic heterocycles. The lowest BCUT2D eigenvalue weighted by atomic mass is 10.1. The Morgan fingerprint density at radius 2 is 2.00 bits per heavy atom. The Bertz CT molecular complexity index is 558. The molecule has 98 valence electrons. The fraction of sp³-hybridized carbons (Fsp3) is 0.143. The van der Waals surface area contributed by atoms with Crippen molar-refractivity contribution in [1.29, 1.82) is 0 Å². The van der Waals surface area contributed by atoms with Gasteiger partial charge < -0.3 is 4.74 Å². The third kappa shape index (κ3) is 3.08. The van der Waals surface area contributed by atoms with Gasteiger partial charge in [-0.25, -0.2) is 5.84 Å². The van der Waals surface area contributed by atoms with Crippen LogP contribution in [0.1, 0.15) is 17.4 Å². The molecule has 19 heavy (non-hydrogen) atoms. The number of benzene rings is 1. The van der Waals surface area contributed by atoms with E-state index in [1.165, 1.54) is 0 Å². The van der Waals surface area contributed by atoms with Crippen molar-refractivity contribution in [3.63, 3.8) is 0 Å². The SMILES string of the molecule is Cc1ncccc1OC(C(=O)NN)c1ccccc1. The zero-order valence-electron chi connectivity index (χ0n) is 10.5. The van der Waals surface area contributed by atoms with Crippen LogP contribution in [0.15, 0.2) is 48.7 Å². The smallest absolute Gasteiger partial charge is 0.279 e. The number of nitrogens with two attached hydrogens (primary N) is 1. The summed E-state index contributed by atoms with van der Waals surface area (Å²) >= 11 is 0. The van der Waals surface area contributed by atoms with Crippen molar-refractivity contribution in [1.82, 2.24) is 10.4 Å². The molecule has 1 heterocycles. The van der Waals surface area contributed by atoms with Crippen molar-refractivity contribution in [2.45, 2.75) is 13.0 Å². The van der Waals surface area contributed by atoms with Crippen LogP contribution in [0.4, 0.5) is 0 Å². The number of pyridine rings is 1. The molecule has 0 saturated heterocycles. The third-order valence-electron chi connectivity index (χ3n) is 2.69. The normalized spacial score (nSPS) is 11.7. The van der Waals surface area contributed by atoms with Gasteiger partial charge >= 0.3 is 0 Å². The van der Waals surface area contributed by atoms with E-state index >= 15 is 0 Å². The Morgan fingerprint density at radius 3 is 2.63 bits per heavy atom. The van der Waals surface area contributed by atoms with E-state index in [-0.39, 0.29) is 0 Å². The Balaban J connectivity index is 2.30. The Hall–Kier alpha value is -2.40. The van der Waals surface area contributed by atoms with Crippen molar-refractivity contribution in [3.05, 3.63) is 59.9 Å². The first-order valence-electron chi connectivity index (χ1n) is 5.86. The molecule has 0 fully saturated rings. The summed E-state index contributed by atoms with van der Waals surface area (Å²) < 4.78 is 5.73. The molecular formula is C14H15N3O2. The zero-order valence-corrected chi connectivity index (χ0v) is 10.5. The van der Waals surface area contributed by atoms with Crippen LogP contribution in [0.25, 0.3) is 0 Å². The number of aryl methyl sites for hydroxylation is 1. The number of hydrogen-bond donors (Lipinski definition) is 2. The average molecular weight is 257 g/mol. The highest BCUT2D eigenvalue weighted by molar-refractivity contribution is 5.82. The lowest BCUT2D eigenvalue weighted by Crippen LogP contribution is -2.37. The molecule has 0 aliphatic carbocycles. The topological polar surface area (TPSA) is 77.2 Å². The number of nitrogens with one attached hydrogen (secondary N) is 1. The number of nitrogens with zero attached hydrogens (tertiary/aromatic N) is 1. The highest BCUT2D eigenvalue weighted by Crippen LogP contribution is 2.23. The largest absolute Gasteiger partial charge is 0.474 e. The van der Waals surface area contributed by atoms with Crippen LogP contribution < -0.4 is 16.0 Å². The van der Waals surface area contributed by atoms with Gasteiger partial charge in [-0.2, -0.15) is 0 Å². The number of ether oxygens (including phenoxy) is 1. The predicted molar refractivity (Wildman–Crippen MR) is 71.1 cm³/mol. The number of hydrogen-bond acceptors (Lipinski definition) is 4. The van der Waals surface area contributed by atoms with Crippen molar-refractivity contribution in [2.24, 2.45) is 5.84 Å². The molecule has 0 bridgehead atoms. The van der Waals surface area contributed by atoms with Crippen molar-refractivity contribution < 1.29 is 9.53 Å². The van der Waals surface area contributed by atoms with Crippen LogP contribution in [0, 0.1) is 6.92 Å². The molecule has 1 amide bonds. The summed E-state index contributed by atoms with van der Waals surface area (Å²) in [6.07, 6.45) is 0.872.